The van der Waals surface area contributed by atoms with E-state index in [0.717, 1.165) is 117 Å². The lowest BCUT2D eigenvalue weighted by atomic mass is 9.72. The van der Waals surface area contributed by atoms with Crippen molar-refractivity contribution < 1.29 is 23.9 Å². The molecule has 16 nitrogen and oxygen atoms in total. The number of carbonyl (C=O) groups excluding carboxylic acids is 4. The van der Waals surface area contributed by atoms with Crippen LogP contribution in [0.5, 0.6) is 5.75 Å². The second-order valence-corrected chi connectivity index (χ2v) is 19.4. The number of aromatic nitrogens is 6. The van der Waals surface area contributed by atoms with Crippen LogP contribution in [0.25, 0.3) is 33.1 Å². The number of rotatable bonds is 14. The van der Waals surface area contributed by atoms with Crippen molar-refractivity contribution in [3.8, 4) is 17.0 Å². The summed E-state index contributed by atoms with van der Waals surface area (Å²) in [5.41, 5.74) is 5.51. The number of fused-ring (bicyclic) bond motifs is 2. The number of ether oxygens (including phenoxy) is 1. The van der Waals surface area contributed by atoms with E-state index in [1.54, 1.807) is 17.1 Å². The first kappa shape index (κ1) is 44.6. The molecule has 348 valence electrons. The number of unbranched alkanes of at least 4 members (excludes halogenated alkanes) is 3. The normalized spacial score (nSPS) is 17.8. The highest BCUT2D eigenvalue weighted by molar-refractivity contribution is 6.35. The third-order valence-electron chi connectivity index (χ3n) is 14.0. The van der Waals surface area contributed by atoms with Crippen molar-refractivity contribution in [1.29, 1.82) is 0 Å². The third-order valence-corrected chi connectivity index (χ3v) is 14.6. The van der Waals surface area contributed by atoms with Gasteiger partial charge in [-0.15, -0.1) is 0 Å². The van der Waals surface area contributed by atoms with Crippen LogP contribution in [-0.4, -0.2) is 109 Å². The highest BCUT2D eigenvalue weighted by Crippen LogP contribution is 2.42. The molecule has 18 heteroatoms. The molecule has 8 heterocycles. The molecule has 67 heavy (non-hydrogen) atoms. The van der Waals surface area contributed by atoms with E-state index in [1.807, 2.05) is 66.4 Å². The number of aryl methyl sites for hydroxylation is 1. The van der Waals surface area contributed by atoms with Crippen LogP contribution in [0.3, 0.4) is 0 Å². The van der Waals surface area contributed by atoms with Gasteiger partial charge in [0.1, 0.15) is 23.4 Å². The summed E-state index contributed by atoms with van der Waals surface area (Å²) >= 11 is 12.7. The Bertz CT molecular complexity index is 2840. The van der Waals surface area contributed by atoms with E-state index in [1.165, 1.54) is 10.5 Å². The Hall–Kier alpha value is -6.26. The van der Waals surface area contributed by atoms with Crippen molar-refractivity contribution in [1.82, 2.24) is 45.1 Å². The van der Waals surface area contributed by atoms with Crippen molar-refractivity contribution in [2.45, 2.75) is 76.7 Å². The maximum atomic E-state index is 13.1. The van der Waals surface area contributed by atoms with E-state index in [9.17, 15) is 19.2 Å². The maximum Gasteiger partial charge on any atom is 0.329 e. The largest absolute Gasteiger partial charge is 0.486 e. The average molecular weight is 947 g/mol. The number of urea groups is 1. The van der Waals surface area contributed by atoms with E-state index < -0.39 is 12.1 Å². The van der Waals surface area contributed by atoms with Gasteiger partial charge in [-0.25, -0.2) is 9.78 Å². The van der Waals surface area contributed by atoms with E-state index in [4.69, 9.17) is 32.9 Å². The standard InChI is InChI=1S/C49H53Cl2N11O5/c1-30(45-37(50)24-52-25-38(45)51)67-34-11-13-39-36(22-34)46(56-55-39)33-10-14-41(53-23-33)60-26-49(27-60)28-61(29-49)44(65)8-6-4-3-5-7-43(64)59-18-15-31(16-19-59)32-9-12-35-40(21-32)58(2)57-47(35)62-20-17-42(63)54-48(62)66/h9-14,21-25,30-31H,3-8,15-20,26-29H2,1-2H3,(H,55,56)(H,54,63,66)/t30-/m1/s1. The maximum absolute atomic E-state index is 13.1. The fourth-order valence-corrected chi connectivity index (χ4v) is 11.0. The molecule has 10 rings (SSSR count). The Morgan fingerprint density at radius 3 is 2.28 bits per heavy atom. The molecule has 0 saturated carbocycles. The van der Waals surface area contributed by atoms with Crippen LogP contribution in [0.2, 0.25) is 10.0 Å². The minimum atomic E-state index is -0.444. The summed E-state index contributed by atoms with van der Waals surface area (Å²) in [4.78, 5) is 66.9. The van der Waals surface area contributed by atoms with Crippen molar-refractivity contribution in [2.75, 3.05) is 55.6 Å². The number of halogens is 2. The summed E-state index contributed by atoms with van der Waals surface area (Å²) in [5.74, 6) is 2.63. The summed E-state index contributed by atoms with van der Waals surface area (Å²) in [5, 5.41) is 17.4. The van der Waals surface area contributed by atoms with Crippen LogP contribution in [0.1, 0.15) is 87.9 Å². The zero-order valence-corrected chi connectivity index (χ0v) is 39.2. The molecule has 2 aromatic carbocycles. The summed E-state index contributed by atoms with van der Waals surface area (Å²) in [6, 6.07) is 15.7. The predicted molar refractivity (Wildman–Crippen MR) is 256 cm³/mol. The number of likely N-dealkylation sites (tertiary alicyclic amines) is 2. The lowest BCUT2D eigenvalue weighted by Crippen LogP contribution is -2.73. The molecule has 0 radical (unpaired) electrons. The van der Waals surface area contributed by atoms with Gasteiger partial charge in [-0.05, 0) is 86.6 Å². The molecular formula is C49H53Cl2N11O5. The van der Waals surface area contributed by atoms with Gasteiger partial charge in [0.15, 0.2) is 5.82 Å². The fraction of sp³-hybridized carbons (Fsp3) is 0.429. The Balaban J connectivity index is 0.616. The van der Waals surface area contributed by atoms with Crippen molar-refractivity contribution in [2.24, 2.45) is 12.5 Å². The number of pyridine rings is 2. The van der Waals surface area contributed by atoms with Crippen molar-refractivity contribution in [3.63, 3.8) is 0 Å². The number of piperidine rings is 1. The SMILES string of the molecule is C[C@@H](Oc1ccc2[nH]nc(-c3ccc(N4CC5(CN(C(=O)CCCCCCC(=O)N6CCC(c7ccc8c(N9CCC(=O)NC9=O)nn(C)c8c7)CC6)C5)C4)nc3)c2c1)c1c(Cl)cncc1Cl. The molecule has 1 atom stereocenters. The van der Waals surface area contributed by atoms with Gasteiger partial charge >= 0.3 is 6.03 Å². The first-order chi connectivity index (χ1) is 32.4. The molecular weight excluding hydrogens is 894 g/mol. The number of benzene rings is 2. The summed E-state index contributed by atoms with van der Waals surface area (Å²) in [7, 11) is 1.87. The van der Waals surface area contributed by atoms with Crippen LogP contribution in [-0.2, 0) is 21.4 Å². The van der Waals surface area contributed by atoms with E-state index in [-0.39, 0.29) is 29.6 Å². The quantitative estimate of drug-likeness (QED) is 0.101. The predicted octanol–water partition coefficient (Wildman–Crippen LogP) is 8.20. The third kappa shape index (κ3) is 9.00. The van der Waals surface area contributed by atoms with Gasteiger partial charge in [-0.2, -0.15) is 10.2 Å². The Morgan fingerprint density at radius 1 is 0.851 bits per heavy atom. The lowest BCUT2D eigenvalue weighted by Gasteiger charge is -2.60. The Labute approximate surface area is 397 Å². The molecule has 1 spiro atoms. The number of imide groups is 1. The van der Waals surface area contributed by atoms with Gasteiger partial charge in [-0.1, -0.05) is 42.1 Å². The Kier molecular flexibility index (Phi) is 12.3. The van der Waals surface area contributed by atoms with Gasteiger partial charge in [0.05, 0.1) is 21.1 Å². The minimum Gasteiger partial charge on any atom is -0.486 e. The highest BCUT2D eigenvalue weighted by atomic mass is 35.5. The number of hydrogen-bond donors (Lipinski definition) is 2. The number of amides is 5. The number of nitrogens with one attached hydrogen (secondary N) is 2. The molecule has 0 unspecified atom stereocenters. The van der Waals surface area contributed by atoms with Gasteiger partial charge in [-0.3, -0.25) is 39.4 Å². The molecule has 4 aliphatic heterocycles. The number of carbonyl (C=O) groups is 4. The summed E-state index contributed by atoms with van der Waals surface area (Å²) in [6.07, 6.45) is 11.2. The van der Waals surface area contributed by atoms with Crippen molar-refractivity contribution in [3.05, 3.63) is 88.3 Å². The van der Waals surface area contributed by atoms with E-state index in [2.05, 4.69) is 42.6 Å². The number of H-pyrrole nitrogens is 1. The molecule has 0 aliphatic carbocycles. The summed E-state index contributed by atoms with van der Waals surface area (Å²) in [6.45, 7) is 6.99. The average Bonchev–Trinajstić information content (AvgIpc) is 3.86. The minimum absolute atomic E-state index is 0.135. The molecule has 4 aromatic heterocycles. The van der Waals surface area contributed by atoms with E-state index in [0.29, 0.717) is 52.5 Å². The zero-order valence-electron chi connectivity index (χ0n) is 37.6. The van der Waals surface area contributed by atoms with Gasteiger partial charge in [0.2, 0.25) is 17.7 Å². The van der Waals surface area contributed by atoms with Gasteiger partial charge in [0.25, 0.3) is 0 Å². The molecule has 4 saturated heterocycles. The molecule has 5 amide bonds. The van der Waals surface area contributed by atoms with Crippen LogP contribution in [0.4, 0.5) is 16.4 Å². The fourth-order valence-electron chi connectivity index (χ4n) is 10.3. The molecule has 0 bridgehead atoms. The number of anilines is 2. The van der Waals surface area contributed by atoms with E-state index >= 15 is 0 Å². The second-order valence-electron chi connectivity index (χ2n) is 18.6. The molecule has 4 aliphatic rings. The summed E-state index contributed by atoms with van der Waals surface area (Å²) < 4.78 is 8.03. The van der Waals surface area contributed by atoms with Crippen molar-refractivity contribution >= 4 is 80.4 Å². The van der Waals surface area contributed by atoms with Gasteiger partial charge < -0.3 is 19.4 Å². The monoisotopic (exact) mass is 945 g/mol. The molecule has 6 aromatic rings. The second kappa shape index (κ2) is 18.4. The van der Waals surface area contributed by atoms with Crippen LogP contribution < -0.4 is 19.9 Å². The van der Waals surface area contributed by atoms with Crippen LogP contribution in [0, 0.1) is 5.41 Å². The first-order valence-corrected chi connectivity index (χ1v) is 24.0. The Morgan fingerprint density at radius 2 is 1.58 bits per heavy atom. The number of aromatic amines is 1. The molecule has 2 N–H and O–H groups in total. The highest BCUT2D eigenvalue weighted by Gasteiger charge is 2.53. The number of nitrogens with zero attached hydrogens (tertiary/aromatic N) is 9. The van der Waals surface area contributed by atoms with Crippen LogP contribution >= 0.6 is 23.2 Å². The zero-order chi connectivity index (χ0) is 46.4. The first-order valence-electron chi connectivity index (χ1n) is 23.2. The number of hydrogen-bond acceptors (Lipinski definition) is 10. The van der Waals surface area contributed by atoms with Gasteiger partial charge in [0, 0.05) is 118 Å². The smallest absolute Gasteiger partial charge is 0.329 e. The topological polar surface area (TPSA) is 175 Å². The molecule has 4 fully saturated rings. The van der Waals surface area contributed by atoms with Crippen LogP contribution in [0.15, 0.2) is 67.1 Å². The lowest BCUT2D eigenvalue weighted by molar-refractivity contribution is -0.145.